The summed E-state index contributed by atoms with van der Waals surface area (Å²) in [7, 11) is 0. The highest BCUT2D eigenvalue weighted by atomic mass is 16.4. The van der Waals surface area contributed by atoms with E-state index in [-0.39, 0.29) is 12.8 Å². The number of rotatable bonds is 13. The second-order valence-electron chi connectivity index (χ2n) is 9.79. The van der Waals surface area contributed by atoms with Gasteiger partial charge in [0, 0.05) is 13.3 Å². The first-order valence-corrected chi connectivity index (χ1v) is 11.9. The highest BCUT2D eigenvalue weighted by molar-refractivity contribution is 5.96. The van der Waals surface area contributed by atoms with Gasteiger partial charge >= 0.3 is 5.97 Å². The fourth-order valence-corrected chi connectivity index (χ4v) is 3.50. The number of nitrogens with two attached hydrogens (primary N) is 1. The number of aliphatic carboxylic acids is 1. The molecule has 1 aromatic rings. The van der Waals surface area contributed by atoms with Crippen LogP contribution in [0.5, 0.6) is 0 Å². The minimum absolute atomic E-state index is 0.0264. The summed E-state index contributed by atoms with van der Waals surface area (Å²) in [5, 5.41) is 19.4. The van der Waals surface area contributed by atoms with Crippen molar-refractivity contribution < 1.29 is 33.9 Å². The lowest BCUT2D eigenvalue weighted by Gasteiger charge is -2.33. The Hall–Kier alpha value is -3.96. The first kappa shape index (κ1) is 31.1. The first-order chi connectivity index (χ1) is 17.1. The number of carbonyl (C=O) groups excluding carboxylic acids is 5. The number of amides is 5. The maximum atomic E-state index is 13.2. The molecule has 12 nitrogen and oxygen atoms in total. The quantitative estimate of drug-likeness (QED) is 0.204. The van der Waals surface area contributed by atoms with E-state index < -0.39 is 71.5 Å². The van der Waals surface area contributed by atoms with Crippen LogP contribution in [0.2, 0.25) is 0 Å². The van der Waals surface area contributed by atoms with Crippen LogP contribution < -0.4 is 27.0 Å². The van der Waals surface area contributed by atoms with Gasteiger partial charge in [0.05, 0.1) is 6.42 Å². The standard InChI is InChI=1S/C25H37N5O7/c1-6-16(27-14(2)31)21(33)30-20(25(3,4)5)23(35)28-17(13-19(26)32)22(34)29-18(24(36)37)12-15-10-8-7-9-11-15/h7-11,16-18,20H,6,12-13H2,1-5H3,(H2,26,32)(H,27,31)(H,28,35)(H,29,34)(H,30,33)(H,36,37)/t16-,17-,18-,20+/m0/s1. The summed E-state index contributed by atoms with van der Waals surface area (Å²) in [6.07, 6.45) is -0.348. The smallest absolute Gasteiger partial charge is 0.326 e. The van der Waals surface area contributed by atoms with Crippen molar-refractivity contribution in [2.45, 2.75) is 78.0 Å². The molecule has 0 aliphatic rings. The van der Waals surface area contributed by atoms with Gasteiger partial charge in [-0.25, -0.2) is 4.79 Å². The monoisotopic (exact) mass is 519 g/mol. The van der Waals surface area contributed by atoms with Gasteiger partial charge in [0.2, 0.25) is 29.5 Å². The summed E-state index contributed by atoms with van der Waals surface area (Å²) < 4.78 is 0. The van der Waals surface area contributed by atoms with E-state index in [4.69, 9.17) is 5.73 Å². The SMILES string of the molecule is CC[C@H](NC(C)=O)C(=O)N[C@H](C(=O)N[C@@H](CC(N)=O)C(=O)N[C@@H](Cc1ccccc1)C(=O)O)C(C)(C)C. The highest BCUT2D eigenvalue weighted by Crippen LogP contribution is 2.20. The van der Waals surface area contributed by atoms with E-state index in [2.05, 4.69) is 21.3 Å². The van der Waals surface area contributed by atoms with E-state index >= 15 is 0 Å². The molecule has 1 aromatic carbocycles. The van der Waals surface area contributed by atoms with Gasteiger partial charge in [-0.3, -0.25) is 24.0 Å². The molecule has 5 amide bonds. The van der Waals surface area contributed by atoms with Crippen LogP contribution in [-0.2, 0) is 35.2 Å². The van der Waals surface area contributed by atoms with Gasteiger partial charge in [-0.15, -0.1) is 0 Å². The van der Waals surface area contributed by atoms with E-state index in [1.807, 2.05) is 0 Å². The van der Waals surface area contributed by atoms with Crippen LogP contribution >= 0.6 is 0 Å². The molecule has 4 atom stereocenters. The lowest BCUT2D eigenvalue weighted by atomic mass is 9.85. The molecule has 0 radical (unpaired) electrons. The van der Waals surface area contributed by atoms with E-state index in [1.165, 1.54) is 6.92 Å². The van der Waals surface area contributed by atoms with Gasteiger partial charge in [0.15, 0.2) is 0 Å². The number of nitrogens with one attached hydrogen (secondary N) is 4. The average molecular weight is 520 g/mol. The van der Waals surface area contributed by atoms with Gasteiger partial charge in [-0.2, -0.15) is 0 Å². The second-order valence-corrected chi connectivity index (χ2v) is 9.79. The Morgan fingerprint density at radius 2 is 1.38 bits per heavy atom. The molecule has 12 heteroatoms. The molecular weight excluding hydrogens is 482 g/mol. The van der Waals surface area contributed by atoms with Crippen LogP contribution in [0.3, 0.4) is 0 Å². The summed E-state index contributed by atoms with van der Waals surface area (Å²) in [5.74, 6) is -4.92. The van der Waals surface area contributed by atoms with Crippen molar-refractivity contribution in [1.29, 1.82) is 0 Å². The fourth-order valence-electron chi connectivity index (χ4n) is 3.50. The van der Waals surface area contributed by atoms with Crippen LogP contribution in [0, 0.1) is 5.41 Å². The van der Waals surface area contributed by atoms with Gasteiger partial charge < -0.3 is 32.1 Å². The highest BCUT2D eigenvalue weighted by Gasteiger charge is 2.37. The van der Waals surface area contributed by atoms with Crippen LogP contribution in [-0.4, -0.2) is 64.8 Å². The second kappa shape index (κ2) is 14.0. The van der Waals surface area contributed by atoms with Gasteiger partial charge in [0.25, 0.3) is 0 Å². The molecule has 0 unspecified atom stereocenters. The minimum atomic E-state index is -1.48. The molecule has 1 rings (SSSR count). The van der Waals surface area contributed by atoms with Crippen LogP contribution in [0.25, 0.3) is 0 Å². The zero-order valence-corrected chi connectivity index (χ0v) is 21.8. The molecule has 0 spiro atoms. The number of carbonyl (C=O) groups is 6. The van der Waals surface area contributed by atoms with Crippen molar-refractivity contribution in [3.63, 3.8) is 0 Å². The normalized spacial score (nSPS) is 14.3. The number of primary amides is 1. The van der Waals surface area contributed by atoms with Crippen LogP contribution in [0.15, 0.2) is 30.3 Å². The van der Waals surface area contributed by atoms with Crippen LogP contribution in [0.1, 0.15) is 53.0 Å². The Bertz CT molecular complexity index is 991. The summed E-state index contributed by atoms with van der Waals surface area (Å²) >= 11 is 0. The third-order valence-corrected chi connectivity index (χ3v) is 5.45. The lowest BCUT2D eigenvalue weighted by Crippen LogP contribution is -2.61. The van der Waals surface area contributed by atoms with Crippen molar-refractivity contribution in [2.75, 3.05) is 0 Å². The Kier molecular flexibility index (Phi) is 11.7. The predicted molar refractivity (Wildman–Crippen MR) is 135 cm³/mol. The van der Waals surface area contributed by atoms with E-state index in [0.717, 1.165) is 0 Å². The Balaban J connectivity index is 3.09. The molecule has 0 aliphatic carbocycles. The van der Waals surface area contributed by atoms with E-state index in [1.54, 1.807) is 58.0 Å². The third kappa shape index (κ3) is 10.7. The molecular formula is C25H37N5O7. The van der Waals surface area contributed by atoms with E-state index in [9.17, 15) is 33.9 Å². The number of hydrogen-bond acceptors (Lipinski definition) is 6. The molecule has 0 bridgehead atoms. The minimum Gasteiger partial charge on any atom is -0.480 e. The Labute approximate surface area is 216 Å². The molecule has 0 saturated heterocycles. The number of carboxylic acid groups (broad SMARTS) is 1. The average Bonchev–Trinajstić information content (AvgIpc) is 2.79. The molecule has 0 saturated carbocycles. The van der Waals surface area contributed by atoms with Gasteiger partial charge in [-0.1, -0.05) is 58.0 Å². The summed E-state index contributed by atoms with van der Waals surface area (Å²) in [5.41, 5.74) is 5.10. The van der Waals surface area contributed by atoms with Crippen molar-refractivity contribution >= 4 is 35.5 Å². The van der Waals surface area contributed by atoms with Crippen molar-refractivity contribution in [3.05, 3.63) is 35.9 Å². The number of benzene rings is 1. The first-order valence-electron chi connectivity index (χ1n) is 11.9. The molecule has 0 aliphatic heterocycles. The summed E-state index contributed by atoms with van der Waals surface area (Å²) in [6.45, 7) is 7.99. The third-order valence-electron chi connectivity index (χ3n) is 5.45. The molecule has 0 aromatic heterocycles. The zero-order chi connectivity index (χ0) is 28.3. The number of carboxylic acids is 1. The predicted octanol–water partition coefficient (Wildman–Crippen LogP) is -0.396. The van der Waals surface area contributed by atoms with Crippen molar-refractivity contribution in [3.8, 4) is 0 Å². The maximum absolute atomic E-state index is 13.2. The zero-order valence-electron chi connectivity index (χ0n) is 21.8. The van der Waals surface area contributed by atoms with E-state index in [0.29, 0.717) is 5.56 Å². The summed E-state index contributed by atoms with van der Waals surface area (Å²) in [6, 6.07) is 3.76. The van der Waals surface area contributed by atoms with Crippen molar-refractivity contribution in [1.82, 2.24) is 21.3 Å². The van der Waals surface area contributed by atoms with Gasteiger partial charge in [-0.05, 0) is 17.4 Å². The molecule has 37 heavy (non-hydrogen) atoms. The molecule has 204 valence electrons. The van der Waals surface area contributed by atoms with Crippen LogP contribution in [0.4, 0.5) is 0 Å². The topological polar surface area (TPSA) is 197 Å². The Morgan fingerprint density at radius 1 is 0.838 bits per heavy atom. The maximum Gasteiger partial charge on any atom is 0.326 e. The largest absolute Gasteiger partial charge is 0.480 e. The molecule has 7 N–H and O–H groups in total. The fraction of sp³-hybridized carbons (Fsp3) is 0.520. The number of hydrogen-bond donors (Lipinski definition) is 6. The lowest BCUT2D eigenvalue weighted by molar-refractivity contribution is -0.142. The van der Waals surface area contributed by atoms with Crippen molar-refractivity contribution in [2.24, 2.45) is 11.1 Å². The molecule has 0 fully saturated rings. The molecule has 0 heterocycles. The summed E-state index contributed by atoms with van der Waals surface area (Å²) in [4.78, 5) is 73.7. The Morgan fingerprint density at radius 3 is 1.84 bits per heavy atom. The van der Waals surface area contributed by atoms with Gasteiger partial charge in [0.1, 0.15) is 24.2 Å².